The van der Waals surface area contributed by atoms with Gasteiger partial charge < -0.3 is 4.90 Å². The summed E-state index contributed by atoms with van der Waals surface area (Å²) in [5, 5.41) is 0. The van der Waals surface area contributed by atoms with Gasteiger partial charge in [0, 0.05) is 31.7 Å². The van der Waals surface area contributed by atoms with Gasteiger partial charge in [-0.3, -0.25) is 4.79 Å². The molecule has 25 heavy (non-hydrogen) atoms. The summed E-state index contributed by atoms with van der Waals surface area (Å²) in [5.74, 6) is -1.06. The number of piperidine rings is 1. The molecule has 1 heterocycles. The number of carbonyl (C=O) groups is 1. The van der Waals surface area contributed by atoms with E-state index in [9.17, 15) is 17.6 Å². The van der Waals surface area contributed by atoms with Crippen molar-refractivity contribution in [3.63, 3.8) is 0 Å². The first-order chi connectivity index (χ1) is 11.9. The van der Waals surface area contributed by atoms with Crippen LogP contribution < -0.4 is 0 Å². The lowest BCUT2D eigenvalue weighted by Crippen LogP contribution is -2.36. The molecule has 1 fully saturated rings. The lowest BCUT2D eigenvalue weighted by atomic mass is 10.2. The van der Waals surface area contributed by atoms with Crippen LogP contribution >= 0.6 is 0 Å². The lowest BCUT2D eigenvalue weighted by Gasteiger charge is -2.26. The second-order valence-corrected chi connectivity index (χ2v) is 8.31. The van der Waals surface area contributed by atoms with Crippen molar-refractivity contribution in [2.24, 2.45) is 0 Å². The molecule has 0 N–H and O–H groups in total. The molecule has 0 atom stereocenters. The van der Waals surface area contributed by atoms with Crippen LogP contribution in [0.5, 0.6) is 0 Å². The van der Waals surface area contributed by atoms with Gasteiger partial charge >= 0.3 is 0 Å². The quantitative estimate of drug-likeness (QED) is 0.740. The second kappa shape index (κ2) is 8.76. The molecule has 0 bridgehead atoms. The number of hydrogen-bond acceptors (Lipinski definition) is 3. The highest BCUT2D eigenvalue weighted by Gasteiger charge is 2.29. The summed E-state index contributed by atoms with van der Waals surface area (Å²) in [7, 11) is -3.91. The van der Waals surface area contributed by atoms with Gasteiger partial charge in [-0.05, 0) is 43.9 Å². The molecule has 0 spiro atoms. The van der Waals surface area contributed by atoms with Gasteiger partial charge in [-0.1, -0.05) is 20.3 Å². The van der Waals surface area contributed by atoms with Crippen molar-refractivity contribution in [2.45, 2.75) is 50.8 Å². The Bertz CT molecular complexity index is 694. The highest BCUT2D eigenvalue weighted by molar-refractivity contribution is 7.89. The Morgan fingerprint density at radius 3 is 2.28 bits per heavy atom. The minimum atomic E-state index is -3.91. The molecule has 1 aliphatic rings. The van der Waals surface area contributed by atoms with Crippen molar-refractivity contribution in [1.82, 2.24) is 9.21 Å². The molecule has 1 saturated heterocycles. The fourth-order valence-corrected chi connectivity index (χ4v) is 4.72. The monoisotopic (exact) mass is 370 g/mol. The normalized spacial score (nSPS) is 16.0. The van der Waals surface area contributed by atoms with E-state index in [0.29, 0.717) is 26.2 Å². The molecular formula is C18H27FN2O3S. The second-order valence-electron chi connectivity index (χ2n) is 6.40. The molecule has 7 heteroatoms. The Hall–Kier alpha value is -1.47. The third-order valence-corrected chi connectivity index (χ3v) is 6.30. The number of nitrogens with zero attached hydrogens (tertiary/aromatic N) is 2. The van der Waals surface area contributed by atoms with E-state index in [-0.39, 0.29) is 11.5 Å². The van der Waals surface area contributed by atoms with Crippen molar-refractivity contribution >= 4 is 15.9 Å². The third-order valence-electron chi connectivity index (χ3n) is 4.39. The van der Waals surface area contributed by atoms with Crippen molar-refractivity contribution < 1.29 is 17.6 Å². The molecule has 140 valence electrons. The molecule has 0 saturated carbocycles. The summed E-state index contributed by atoms with van der Waals surface area (Å²) >= 11 is 0. The number of hydrogen-bond donors (Lipinski definition) is 0. The summed E-state index contributed by atoms with van der Waals surface area (Å²) in [6.45, 7) is 5.95. The molecular weight excluding hydrogens is 343 g/mol. The maximum Gasteiger partial charge on any atom is 0.253 e. The first-order valence-corrected chi connectivity index (χ1v) is 10.4. The Morgan fingerprint density at radius 1 is 1.12 bits per heavy atom. The zero-order chi connectivity index (χ0) is 18.4. The molecule has 2 rings (SSSR count). The van der Waals surface area contributed by atoms with E-state index in [4.69, 9.17) is 0 Å². The van der Waals surface area contributed by atoms with Gasteiger partial charge in [0.05, 0.1) is 0 Å². The van der Waals surface area contributed by atoms with Crippen LogP contribution in [0.1, 0.15) is 56.3 Å². The molecule has 1 aliphatic heterocycles. The lowest BCUT2D eigenvalue weighted by molar-refractivity contribution is 0.0755. The smallest absolute Gasteiger partial charge is 0.253 e. The molecule has 1 aromatic rings. The van der Waals surface area contributed by atoms with Gasteiger partial charge in [-0.2, -0.15) is 4.31 Å². The van der Waals surface area contributed by atoms with Gasteiger partial charge in [0.15, 0.2) is 0 Å². The van der Waals surface area contributed by atoms with Crippen LogP contribution in [0, 0.1) is 5.82 Å². The van der Waals surface area contributed by atoms with Crippen molar-refractivity contribution in [3.8, 4) is 0 Å². The van der Waals surface area contributed by atoms with Gasteiger partial charge in [0.2, 0.25) is 10.0 Å². The van der Waals surface area contributed by atoms with E-state index in [1.807, 2.05) is 13.8 Å². The molecule has 1 amide bonds. The van der Waals surface area contributed by atoms with E-state index in [2.05, 4.69) is 0 Å². The van der Waals surface area contributed by atoms with Gasteiger partial charge in [-0.25, -0.2) is 12.8 Å². The van der Waals surface area contributed by atoms with Crippen LogP contribution in [0.25, 0.3) is 0 Å². The molecule has 5 nitrogen and oxygen atoms in total. The SMILES string of the molecule is CCCN(CCC)C(=O)c1ccc(F)c(S(=O)(=O)N2CCCCC2)c1. The number of amides is 1. The van der Waals surface area contributed by atoms with Crippen molar-refractivity contribution in [2.75, 3.05) is 26.2 Å². The summed E-state index contributed by atoms with van der Waals surface area (Å²) in [4.78, 5) is 14.0. The standard InChI is InChI=1S/C18H27FN2O3S/c1-3-10-20(11-4-2)18(22)15-8-9-16(19)17(14-15)25(23,24)21-12-6-5-7-13-21/h8-9,14H,3-7,10-13H2,1-2H3. The Morgan fingerprint density at radius 2 is 1.72 bits per heavy atom. The first-order valence-electron chi connectivity index (χ1n) is 9.00. The fraction of sp³-hybridized carbons (Fsp3) is 0.611. The van der Waals surface area contributed by atoms with E-state index in [1.165, 1.54) is 16.4 Å². The van der Waals surface area contributed by atoms with Crippen LogP contribution in [0.2, 0.25) is 0 Å². The van der Waals surface area contributed by atoms with Gasteiger partial charge in [-0.15, -0.1) is 0 Å². The Kier molecular flexibility index (Phi) is 6.95. The van der Waals surface area contributed by atoms with E-state index >= 15 is 0 Å². The van der Waals surface area contributed by atoms with E-state index in [1.54, 1.807) is 4.90 Å². The molecule has 1 aromatic carbocycles. The maximum atomic E-state index is 14.3. The predicted octanol–water partition coefficient (Wildman–Crippen LogP) is 3.26. The maximum absolute atomic E-state index is 14.3. The number of sulfonamides is 1. The summed E-state index contributed by atoms with van der Waals surface area (Å²) < 4.78 is 41.1. The largest absolute Gasteiger partial charge is 0.339 e. The number of rotatable bonds is 7. The van der Waals surface area contributed by atoms with Crippen molar-refractivity contribution in [3.05, 3.63) is 29.6 Å². The average molecular weight is 370 g/mol. The molecule has 0 aromatic heterocycles. The molecule has 0 radical (unpaired) electrons. The van der Waals surface area contributed by atoms with Crippen LogP contribution in [-0.4, -0.2) is 49.7 Å². The zero-order valence-electron chi connectivity index (χ0n) is 15.0. The number of halogens is 1. The summed E-state index contributed by atoms with van der Waals surface area (Å²) in [5.41, 5.74) is 0.221. The summed E-state index contributed by atoms with van der Waals surface area (Å²) in [6.07, 6.45) is 4.16. The Balaban J connectivity index is 2.34. The number of benzene rings is 1. The first kappa shape index (κ1) is 19.8. The highest BCUT2D eigenvalue weighted by atomic mass is 32.2. The van der Waals surface area contributed by atoms with E-state index < -0.39 is 20.7 Å². The topological polar surface area (TPSA) is 57.7 Å². The van der Waals surface area contributed by atoms with E-state index in [0.717, 1.165) is 38.2 Å². The summed E-state index contributed by atoms with van der Waals surface area (Å²) in [6, 6.07) is 3.64. The Labute approximate surface area is 149 Å². The van der Waals surface area contributed by atoms with Crippen LogP contribution in [0.4, 0.5) is 4.39 Å². The molecule has 0 aliphatic carbocycles. The third kappa shape index (κ3) is 4.58. The average Bonchev–Trinajstić information content (AvgIpc) is 2.62. The van der Waals surface area contributed by atoms with Crippen LogP contribution in [0.3, 0.4) is 0 Å². The fourth-order valence-electron chi connectivity index (χ4n) is 3.12. The predicted molar refractivity (Wildman–Crippen MR) is 95.5 cm³/mol. The van der Waals surface area contributed by atoms with Gasteiger partial charge in [0.25, 0.3) is 5.91 Å². The minimum Gasteiger partial charge on any atom is -0.339 e. The highest BCUT2D eigenvalue weighted by Crippen LogP contribution is 2.24. The van der Waals surface area contributed by atoms with Crippen molar-refractivity contribution in [1.29, 1.82) is 0 Å². The van der Waals surface area contributed by atoms with Crippen LogP contribution in [0.15, 0.2) is 23.1 Å². The number of carbonyl (C=O) groups excluding carboxylic acids is 1. The minimum absolute atomic E-state index is 0.221. The van der Waals surface area contributed by atoms with Crippen LogP contribution in [-0.2, 0) is 10.0 Å². The molecule has 0 unspecified atom stereocenters. The van der Waals surface area contributed by atoms with Gasteiger partial charge in [0.1, 0.15) is 10.7 Å². The zero-order valence-corrected chi connectivity index (χ0v) is 15.8.